The number of nitrogens with one attached hydrogen (secondary N) is 1. The number of rotatable bonds is 11. The van der Waals surface area contributed by atoms with Crippen molar-refractivity contribution in [3.05, 3.63) is 59.7 Å². The normalized spacial score (nSPS) is 21.3. The van der Waals surface area contributed by atoms with Crippen LogP contribution >= 0.6 is 0 Å². The Labute approximate surface area is 242 Å². The molecule has 3 rings (SSSR count). The Balaban J connectivity index is 1.91. The molecule has 1 fully saturated rings. The number of benzene rings is 2. The second-order valence-corrected chi connectivity index (χ2v) is 9.22. The molecule has 0 bridgehead atoms. The lowest BCUT2D eigenvalue weighted by molar-refractivity contribution is -0.288. The molecule has 1 N–H and O–H groups in total. The van der Waals surface area contributed by atoms with E-state index in [1.165, 1.54) is 32.2 Å². The van der Waals surface area contributed by atoms with Crippen molar-refractivity contribution in [1.29, 1.82) is 0 Å². The van der Waals surface area contributed by atoms with E-state index in [2.05, 4.69) is 5.32 Å². The van der Waals surface area contributed by atoms with Crippen LogP contribution in [0.5, 0.6) is 11.5 Å². The van der Waals surface area contributed by atoms with E-state index in [-0.39, 0.29) is 23.0 Å². The molecule has 1 amide bonds. The first-order chi connectivity index (χ1) is 20.0. The van der Waals surface area contributed by atoms with Crippen LogP contribution in [0.2, 0.25) is 0 Å². The van der Waals surface area contributed by atoms with Gasteiger partial charge in [-0.05, 0) is 23.8 Å². The van der Waals surface area contributed by atoms with Crippen molar-refractivity contribution >= 4 is 29.8 Å². The quantitative estimate of drug-likeness (QED) is 0.301. The number of hydrogen-bond acceptors (Lipinski definition) is 12. The van der Waals surface area contributed by atoms with Gasteiger partial charge in [-0.3, -0.25) is 24.0 Å². The van der Waals surface area contributed by atoms with E-state index in [0.717, 1.165) is 26.3 Å². The van der Waals surface area contributed by atoms with Gasteiger partial charge in [0.1, 0.15) is 12.7 Å². The number of amides is 1. The lowest BCUT2D eigenvalue weighted by Gasteiger charge is -2.44. The smallest absolute Gasteiger partial charge is 0.303 e. The number of carbonyl (C=O) groups is 5. The number of ether oxygens (including phenoxy) is 7. The molecule has 1 saturated heterocycles. The van der Waals surface area contributed by atoms with Gasteiger partial charge in [0.05, 0.1) is 7.11 Å². The first-order valence-corrected chi connectivity index (χ1v) is 13.0. The van der Waals surface area contributed by atoms with E-state index in [1.807, 2.05) is 30.3 Å². The van der Waals surface area contributed by atoms with E-state index in [0.29, 0.717) is 6.54 Å². The van der Waals surface area contributed by atoms with Crippen LogP contribution in [0.15, 0.2) is 48.5 Å². The van der Waals surface area contributed by atoms with Crippen molar-refractivity contribution in [3.63, 3.8) is 0 Å². The molecule has 0 aromatic heterocycles. The third-order valence-electron chi connectivity index (χ3n) is 5.91. The van der Waals surface area contributed by atoms with Gasteiger partial charge in [0.25, 0.3) is 5.91 Å². The Hall–Kier alpha value is -4.65. The Morgan fingerprint density at radius 2 is 1.38 bits per heavy atom. The van der Waals surface area contributed by atoms with E-state index >= 15 is 0 Å². The van der Waals surface area contributed by atoms with Gasteiger partial charge in [-0.15, -0.1) is 0 Å². The lowest BCUT2D eigenvalue weighted by Crippen LogP contribution is -2.63. The molecule has 5 atom stereocenters. The molecule has 0 unspecified atom stereocenters. The largest absolute Gasteiger partial charge is 0.493 e. The van der Waals surface area contributed by atoms with E-state index in [4.69, 9.17) is 33.2 Å². The zero-order valence-electron chi connectivity index (χ0n) is 23.8. The second kappa shape index (κ2) is 14.8. The molecule has 0 radical (unpaired) electrons. The summed E-state index contributed by atoms with van der Waals surface area (Å²) in [6.07, 6.45) is -6.80. The molecular weight excluding hydrogens is 554 g/mol. The predicted octanol–water partition coefficient (Wildman–Crippen LogP) is 2.09. The van der Waals surface area contributed by atoms with Crippen molar-refractivity contribution in [2.75, 3.05) is 13.7 Å². The third-order valence-corrected chi connectivity index (χ3v) is 5.91. The molecule has 2 aromatic rings. The fourth-order valence-corrected chi connectivity index (χ4v) is 4.20. The Morgan fingerprint density at radius 1 is 0.762 bits per heavy atom. The minimum atomic E-state index is -1.46. The minimum absolute atomic E-state index is 0.0815. The summed E-state index contributed by atoms with van der Waals surface area (Å²) >= 11 is 0. The van der Waals surface area contributed by atoms with Crippen molar-refractivity contribution in [2.45, 2.75) is 64.9 Å². The summed E-state index contributed by atoms with van der Waals surface area (Å²) in [5, 5.41) is 2.82. The summed E-state index contributed by atoms with van der Waals surface area (Å²) in [6, 6.07) is 13.8. The van der Waals surface area contributed by atoms with Crippen molar-refractivity contribution in [3.8, 4) is 11.5 Å². The molecule has 1 aliphatic rings. The van der Waals surface area contributed by atoms with Gasteiger partial charge in [0, 0.05) is 39.8 Å². The van der Waals surface area contributed by atoms with Gasteiger partial charge in [0.2, 0.25) is 12.4 Å². The van der Waals surface area contributed by atoms with Crippen molar-refractivity contribution < 1.29 is 57.1 Å². The minimum Gasteiger partial charge on any atom is -0.493 e. The maximum absolute atomic E-state index is 12.8. The number of esters is 4. The first kappa shape index (κ1) is 31.9. The fourth-order valence-electron chi connectivity index (χ4n) is 4.20. The molecule has 13 nitrogen and oxygen atoms in total. The third kappa shape index (κ3) is 8.93. The molecule has 0 saturated carbocycles. The van der Waals surface area contributed by atoms with Crippen LogP contribution in [0.4, 0.5) is 0 Å². The average molecular weight is 588 g/mol. The molecule has 226 valence electrons. The van der Waals surface area contributed by atoms with Crippen LogP contribution in [0.1, 0.15) is 43.6 Å². The highest BCUT2D eigenvalue weighted by molar-refractivity contribution is 5.94. The summed E-state index contributed by atoms with van der Waals surface area (Å²) < 4.78 is 38.7. The fraction of sp³-hybridized carbons (Fsp3) is 0.414. The number of methoxy groups -OCH3 is 1. The summed E-state index contributed by atoms with van der Waals surface area (Å²) in [4.78, 5) is 60.3. The van der Waals surface area contributed by atoms with Crippen LogP contribution in [-0.2, 0) is 49.4 Å². The van der Waals surface area contributed by atoms with Crippen LogP contribution in [0.25, 0.3) is 0 Å². The van der Waals surface area contributed by atoms with Crippen LogP contribution in [0, 0.1) is 0 Å². The van der Waals surface area contributed by atoms with Gasteiger partial charge in [0.15, 0.2) is 23.7 Å². The van der Waals surface area contributed by atoms with Crippen LogP contribution < -0.4 is 14.8 Å². The molecule has 0 aliphatic carbocycles. The van der Waals surface area contributed by atoms with E-state index < -0.39 is 61.2 Å². The van der Waals surface area contributed by atoms with Crippen LogP contribution in [-0.4, -0.2) is 74.2 Å². The van der Waals surface area contributed by atoms with Crippen molar-refractivity contribution in [1.82, 2.24) is 5.32 Å². The Morgan fingerprint density at radius 3 is 1.98 bits per heavy atom. The van der Waals surface area contributed by atoms with Gasteiger partial charge in [-0.2, -0.15) is 0 Å². The number of hydrogen-bond donors (Lipinski definition) is 1. The lowest BCUT2D eigenvalue weighted by atomic mass is 9.98. The molecule has 0 spiro atoms. The summed E-state index contributed by atoms with van der Waals surface area (Å²) in [6.45, 7) is 4.44. The monoisotopic (exact) mass is 587 g/mol. The first-order valence-electron chi connectivity index (χ1n) is 13.0. The van der Waals surface area contributed by atoms with Crippen molar-refractivity contribution in [2.24, 2.45) is 0 Å². The SMILES string of the molecule is COc1cc(C(=O)NCc2ccccc2)ccc1O[C@H]1O[C@@H](COC(C)=O)[C@H](OC(C)=O)[C@@H](OC(C)=O)[C@@H]1OC(C)=O. The number of carbonyl (C=O) groups excluding carboxylic acids is 5. The summed E-state index contributed by atoms with van der Waals surface area (Å²) in [5.41, 5.74) is 1.19. The van der Waals surface area contributed by atoms with Gasteiger partial charge >= 0.3 is 23.9 Å². The summed E-state index contributed by atoms with van der Waals surface area (Å²) in [5.74, 6) is -3.09. The highest BCUT2D eigenvalue weighted by Crippen LogP contribution is 2.35. The maximum atomic E-state index is 12.8. The topological polar surface area (TPSA) is 162 Å². The van der Waals surface area contributed by atoms with Crippen LogP contribution in [0.3, 0.4) is 0 Å². The molecular formula is C29H33NO12. The van der Waals surface area contributed by atoms with Gasteiger partial charge in [-0.1, -0.05) is 30.3 Å². The van der Waals surface area contributed by atoms with Gasteiger partial charge in [-0.25, -0.2) is 0 Å². The average Bonchev–Trinajstić information content (AvgIpc) is 2.93. The molecule has 1 heterocycles. The molecule has 1 aliphatic heterocycles. The van der Waals surface area contributed by atoms with Gasteiger partial charge < -0.3 is 38.5 Å². The Bertz CT molecular complexity index is 1280. The second-order valence-electron chi connectivity index (χ2n) is 9.22. The molecule has 2 aromatic carbocycles. The predicted molar refractivity (Wildman–Crippen MR) is 143 cm³/mol. The highest BCUT2D eigenvalue weighted by atomic mass is 16.7. The zero-order chi connectivity index (χ0) is 30.8. The Kier molecular flexibility index (Phi) is 11.3. The zero-order valence-corrected chi connectivity index (χ0v) is 23.8. The van der Waals surface area contributed by atoms with E-state index in [9.17, 15) is 24.0 Å². The standard InChI is InChI=1S/C29H33NO12/c1-16(31)37-15-24-25(38-17(2)32)26(39-18(3)33)27(40-19(4)34)29(42-24)41-22-12-11-21(13-23(22)36-5)28(35)30-14-20-9-7-6-8-10-20/h6-13,24-27,29H,14-15H2,1-5H3,(H,30,35)/t24-,25-,26+,27-,29-/m0/s1. The molecule has 13 heteroatoms. The maximum Gasteiger partial charge on any atom is 0.303 e. The van der Waals surface area contributed by atoms with E-state index in [1.54, 1.807) is 0 Å². The molecule has 42 heavy (non-hydrogen) atoms. The highest BCUT2D eigenvalue weighted by Gasteiger charge is 2.53. The summed E-state index contributed by atoms with van der Waals surface area (Å²) in [7, 11) is 1.36.